The Labute approximate surface area is 218 Å². The summed E-state index contributed by atoms with van der Waals surface area (Å²) in [6.07, 6.45) is 12.2. The number of hydrogen-bond acceptors (Lipinski definition) is 5. The molecule has 36 heavy (non-hydrogen) atoms. The van der Waals surface area contributed by atoms with Crippen LogP contribution in [0.4, 0.5) is 10.3 Å². The maximum Gasteiger partial charge on any atom is 0.225 e. The molecule has 2 saturated carbocycles. The minimum Gasteiger partial charge on any atom is -0.493 e. The summed E-state index contributed by atoms with van der Waals surface area (Å²) in [5.74, 6) is 3.01. The van der Waals surface area contributed by atoms with E-state index in [1.165, 1.54) is 12.5 Å². The molecule has 1 unspecified atom stereocenters. The molecule has 1 amide bonds. The fourth-order valence-corrected chi connectivity index (χ4v) is 6.20. The maximum absolute atomic E-state index is 14.6. The van der Waals surface area contributed by atoms with Crippen LogP contribution in [0.25, 0.3) is 0 Å². The lowest BCUT2D eigenvalue weighted by Crippen LogP contribution is -2.44. The number of halogens is 2. The Morgan fingerprint density at radius 2 is 1.94 bits per heavy atom. The van der Waals surface area contributed by atoms with E-state index < -0.39 is 0 Å². The van der Waals surface area contributed by atoms with Crippen LogP contribution in [0.1, 0.15) is 63.9 Å². The molecule has 5 rings (SSSR count). The van der Waals surface area contributed by atoms with Crippen LogP contribution >= 0.6 is 11.6 Å². The topological polar surface area (TPSA) is 67.3 Å². The Hall–Kier alpha value is -2.41. The summed E-state index contributed by atoms with van der Waals surface area (Å²) in [4.78, 5) is 23.3. The zero-order chi connectivity index (χ0) is 25.1. The monoisotopic (exact) mass is 514 g/mol. The Bertz CT molecular complexity index is 1050. The maximum atomic E-state index is 14.6. The summed E-state index contributed by atoms with van der Waals surface area (Å²) in [5.41, 5.74) is 0.276. The Morgan fingerprint density at radius 1 is 1.22 bits per heavy atom. The second-order valence-corrected chi connectivity index (χ2v) is 11.5. The van der Waals surface area contributed by atoms with Crippen LogP contribution in [0.15, 0.2) is 30.6 Å². The number of benzene rings is 1. The molecule has 3 fully saturated rings. The van der Waals surface area contributed by atoms with Gasteiger partial charge in [-0.1, -0.05) is 30.5 Å². The smallest absolute Gasteiger partial charge is 0.225 e. The number of ether oxygens (including phenoxy) is 1. The molecule has 1 aliphatic heterocycles. The Balaban J connectivity index is 1.01. The SMILES string of the molecule is CC1(NC(=O)Cc2ccc(OCCC3C[C@@H]3C3CCN(c4ncc(Cl)cn4)CC3)cc2F)CCCC1. The number of carbonyl (C=O) groups excluding carboxylic acids is 1. The molecule has 6 nitrogen and oxygen atoms in total. The lowest BCUT2D eigenvalue weighted by Gasteiger charge is -2.32. The molecule has 1 aromatic heterocycles. The van der Waals surface area contributed by atoms with Crippen molar-refractivity contribution in [2.45, 2.75) is 70.3 Å². The number of carbonyl (C=O) groups is 1. The third-order valence-corrected chi connectivity index (χ3v) is 8.49. The summed E-state index contributed by atoms with van der Waals surface area (Å²) in [5, 5.41) is 3.65. The molecule has 3 aliphatic rings. The molecular formula is C28H36ClFN4O2. The summed E-state index contributed by atoms with van der Waals surface area (Å²) >= 11 is 5.90. The normalized spacial score (nSPS) is 23.5. The predicted molar refractivity (Wildman–Crippen MR) is 139 cm³/mol. The number of nitrogens with one attached hydrogen (secondary N) is 1. The van der Waals surface area contributed by atoms with Gasteiger partial charge in [-0.15, -0.1) is 0 Å². The molecule has 0 spiro atoms. The van der Waals surface area contributed by atoms with Gasteiger partial charge in [-0.05, 0) is 74.8 Å². The zero-order valence-corrected chi connectivity index (χ0v) is 21.8. The fourth-order valence-electron chi connectivity index (χ4n) is 6.10. The summed E-state index contributed by atoms with van der Waals surface area (Å²) in [6.45, 7) is 4.63. The average molecular weight is 515 g/mol. The number of hydrogen-bond donors (Lipinski definition) is 1. The van der Waals surface area contributed by atoms with E-state index in [2.05, 4.69) is 27.1 Å². The van der Waals surface area contributed by atoms with Gasteiger partial charge in [-0.3, -0.25) is 4.79 Å². The van der Waals surface area contributed by atoms with E-state index in [1.54, 1.807) is 24.5 Å². The molecule has 194 valence electrons. The van der Waals surface area contributed by atoms with Crippen LogP contribution < -0.4 is 15.0 Å². The van der Waals surface area contributed by atoms with E-state index in [0.717, 1.165) is 75.8 Å². The van der Waals surface area contributed by atoms with Gasteiger partial charge < -0.3 is 15.0 Å². The van der Waals surface area contributed by atoms with Crippen LogP contribution in [0.3, 0.4) is 0 Å². The van der Waals surface area contributed by atoms with Crippen molar-refractivity contribution in [2.24, 2.45) is 17.8 Å². The molecule has 0 radical (unpaired) electrons. The van der Waals surface area contributed by atoms with E-state index in [0.29, 0.717) is 28.9 Å². The minimum absolute atomic E-state index is 0.0639. The first-order valence-electron chi connectivity index (χ1n) is 13.3. The number of piperidine rings is 1. The highest BCUT2D eigenvalue weighted by atomic mass is 35.5. The van der Waals surface area contributed by atoms with Crippen molar-refractivity contribution in [3.05, 3.63) is 47.0 Å². The third-order valence-electron chi connectivity index (χ3n) is 8.29. The van der Waals surface area contributed by atoms with Gasteiger partial charge in [0.1, 0.15) is 11.6 Å². The first kappa shape index (κ1) is 25.2. The van der Waals surface area contributed by atoms with E-state index in [1.807, 2.05) is 0 Å². The summed E-state index contributed by atoms with van der Waals surface area (Å²) < 4.78 is 20.5. The Morgan fingerprint density at radius 3 is 2.64 bits per heavy atom. The second-order valence-electron chi connectivity index (χ2n) is 11.1. The van der Waals surface area contributed by atoms with Crippen molar-refractivity contribution in [3.63, 3.8) is 0 Å². The van der Waals surface area contributed by atoms with Crippen LogP contribution in [0.2, 0.25) is 5.02 Å². The van der Waals surface area contributed by atoms with Crippen LogP contribution in [0, 0.1) is 23.6 Å². The van der Waals surface area contributed by atoms with Crippen molar-refractivity contribution in [3.8, 4) is 5.75 Å². The van der Waals surface area contributed by atoms with Gasteiger partial charge in [0.05, 0.1) is 30.4 Å². The van der Waals surface area contributed by atoms with E-state index in [-0.39, 0.29) is 23.7 Å². The second kappa shape index (κ2) is 10.9. The highest BCUT2D eigenvalue weighted by Crippen LogP contribution is 2.49. The summed E-state index contributed by atoms with van der Waals surface area (Å²) in [7, 11) is 0. The minimum atomic E-state index is -0.375. The van der Waals surface area contributed by atoms with E-state index in [4.69, 9.17) is 16.3 Å². The average Bonchev–Trinajstić information content (AvgIpc) is 3.51. The molecule has 0 bridgehead atoms. The molecule has 2 aromatic rings. The highest BCUT2D eigenvalue weighted by molar-refractivity contribution is 6.30. The summed E-state index contributed by atoms with van der Waals surface area (Å²) in [6, 6.07) is 4.88. The van der Waals surface area contributed by atoms with Gasteiger partial charge in [0.15, 0.2) is 0 Å². The predicted octanol–water partition coefficient (Wildman–Crippen LogP) is 5.58. The van der Waals surface area contributed by atoms with Gasteiger partial charge in [0.25, 0.3) is 0 Å². The number of amides is 1. The van der Waals surface area contributed by atoms with Crippen molar-refractivity contribution in [1.82, 2.24) is 15.3 Å². The lowest BCUT2D eigenvalue weighted by atomic mass is 9.90. The number of aromatic nitrogens is 2. The van der Waals surface area contributed by atoms with Gasteiger partial charge in [-0.2, -0.15) is 0 Å². The zero-order valence-electron chi connectivity index (χ0n) is 21.0. The van der Waals surface area contributed by atoms with Crippen LogP contribution in [0.5, 0.6) is 5.75 Å². The van der Waals surface area contributed by atoms with Crippen molar-refractivity contribution < 1.29 is 13.9 Å². The van der Waals surface area contributed by atoms with E-state index in [9.17, 15) is 9.18 Å². The first-order chi connectivity index (χ1) is 17.4. The van der Waals surface area contributed by atoms with Crippen molar-refractivity contribution >= 4 is 23.5 Å². The molecule has 8 heteroatoms. The standard InChI is InChI=1S/C28H36ClFN4O2/c1-28(9-2-3-10-28)33-26(35)15-21-4-5-23(16-25(21)30)36-13-8-20-14-24(20)19-6-11-34(12-7-19)27-31-17-22(29)18-32-27/h4-5,16-20,24H,2-3,6-15H2,1H3,(H,33,35)/t20?,24-/m1/s1. The first-order valence-corrected chi connectivity index (χ1v) is 13.7. The number of rotatable bonds is 9. The molecule has 1 N–H and O–H groups in total. The van der Waals surface area contributed by atoms with Gasteiger partial charge in [0.2, 0.25) is 11.9 Å². The molecule has 2 atom stereocenters. The van der Waals surface area contributed by atoms with Gasteiger partial charge in [-0.25, -0.2) is 14.4 Å². The highest BCUT2D eigenvalue weighted by Gasteiger charge is 2.43. The van der Waals surface area contributed by atoms with Gasteiger partial charge >= 0.3 is 0 Å². The Kier molecular flexibility index (Phi) is 7.65. The van der Waals surface area contributed by atoms with Crippen LogP contribution in [-0.2, 0) is 11.2 Å². The quantitative estimate of drug-likeness (QED) is 0.473. The van der Waals surface area contributed by atoms with Crippen LogP contribution in [-0.4, -0.2) is 41.1 Å². The molecule has 2 heterocycles. The number of anilines is 1. The van der Waals surface area contributed by atoms with Crippen molar-refractivity contribution in [1.29, 1.82) is 0 Å². The third kappa shape index (κ3) is 6.28. The lowest BCUT2D eigenvalue weighted by molar-refractivity contribution is -0.122. The molecule has 1 saturated heterocycles. The molecule has 1 aromatic carbocycles. The van der Waals surface area contributed by atoms with E-state index >= 15 is 0 Å². The van der Waals surface area contributed by atoms with Gasteiger partial charge in [0, 0.05) is 24.7 Å². The molecular weight excluding hydrogens is 479 g/mol. The fraction of sp³-hybridized carbons (Fsp3) is 0.607. The van der Waals surface area contributed by atoms with Crippen molar-refractivity contribution in [2.75, 3.05) is 24.6 Å². The number of nitrogens with zero attached hydrogens (tertiary/aromatic N) is 3. The largest absolute Gasteiger partial charge is 0.493 e. The molecule has 2 aliphatic carbocycles.